The number of aromatic hydroxyl groups is 1. The zero-order chi connectivity index (χ0) is 21.1. The molecule has 2 aromatic heterocycles. The van der Waals surface area contributed by atoms with E-state index in [0.29, 0.717) is 28.8 Å². The summed E-state index contributed by atoms with van der Waals surface area (Å²) in [5.41, 5.74) is 7.04. The Kier molecular flexibility index (Phi) is 5.79. The van der Waals surface area contributed by atoms with Gasteiger partial charge in [0.2, 0.25) is 0 Å². The van der Waals surface area contributed by atoms with E-state index in [1.807, 2.05) is 0 Å². The molecule has 0 aliphatic rings. The zero-order valence-corrected chi connectivity index (χ0v) is 16.0. The maximum Gasteiger partial charge on any atom is 0.267 e. The van der Waals surface area contributed by atoms with Crippen molar-refractivity contribution in [3.05, 3.63) is 63.3 Å². The molecule has 152 valence electrons. The molecule has 0 fully saturated rings. The first-order valence-electron chi connectivity index (χ1n) is 8.85. The number of carbonyl (C=O) groups excluding carboxylic acids is 1. The highest BCUT2D eigenvalue weighted by Gasteiger charge is 2.22. The first kappa shape index (κ1) is 20.3. The molecule has 0 unspecified atom stereocenters. The Morgan fingerprint density at radius 1 is 1.38 bits per heavy atom. The van der Waals surface area contributed by atoms with E-state index in [1.54, 1.807) is 12.1 Å². The van der Waals surface area contributed by atoms with Gasteiger partial charge in [0.25, 0.3) is 11.5 Å². The molecule has 0 saturated heterocycles. The fourth-order valence-electron chi connectivity index (χ4n) is 3.03. The lowest BCUT2D eigenvalue weighted by molar-refractivity contribution is 0.0932. The number of nitrogens with zero attached hydrogens (tertiary/aromatic N) is 2. The molecule has 0 bridgehead atoms. The predicted molar refractivity (Wildman–Crippen MR) is 106 cm³/mol. The third kappa shape index (κ3) is 4.04. The number of nitrogen functional groups attached to an aromatic ring is 1. The minimum atomic E-state index is -0.702. The van der Waals surface area contributed by atoms with Crippen molar-refractivity contribution in [2.45, 2.75) is 6.42 Å². The number of nitrogens with one attached hydrogen (secondary N) is 1. The van der Waals surface area contributed by atoms with Crippen molar-refractivity contribution >= 4 is 22.6 Å². The van der Waals surface area contributed by atoms with Crippen LogP contribution < -0.4 is 16.6 Å². The monoisotopic (exact) mass is 400 g/mol. The molecule has 1 aromatic carbocycles. The van der Waals surface area contributed by atoms with Crippen molar-refractivity contribution in [2.24, 2.45) is 7.05 Å². The molecule has 0 aliphatic carbocycles. The number of halogens is 1. The first-order valence-corrected chi connectivity index (χ1v) is 8.85. The van der Waals surface area contributed by atoms with Crippen LogP contribution in [0.4, 0.5) is 10.1 Å². The van der Waals surface area contributed by atoms with Crippen molar-refractivity contribution in [2.75, 3.05) is 26.0 Å². The van der Waals surface area contributed by atoms with Gasteiger partial charge < -0.3 is 25.5 Å². The summed E-state index contributed by atoms with van der Waals surface area (Å²) in [6.45, 7) is 0.468. The fraction of sp³-hybridized carbons (Fsp3) is 0.250. The third-order valence-electron chi connectivity index (χ3n) is 4.59. The summed E-state index contributed by atoms with van der Waals surface area (Å²) < 4.78 is 19.4. The summed E-state index contributed by atoms with van der Waals surface area (Å²) in [5, 5.41) is 13.0. The third-order valence-corrected chi connectivity index (χ3v) is 4.59. The summed E-state index contributed by atoms with van der Waals surface area (Å²) in [6, 6.07) is 5.81. The van der Waals surface area contributed by atoms with Crippen LogP contribution in [0.25, 0.3) is 11.0 Å². The molecule has 9 heteroatoms. The van der Waals surface area contributed by atoms with E-state index in [-0.39, 0.29) is 24.2 Å². The quantitative estimate of drug-likeness (QED) is 0.424. The summed E-state index contributed by atoms with van der Waals surface area (Å²) in [4.78, 5) is 29.2. The van der Waals surface area contributed by atoms with Gasteiger partial charge >= 0.3 is 0 Å². The lowest BCUT2D eigenvalue weighted by Gasteiger charge is -2.13. The number of hydrogen-bond donors (Lipinski definition) is 3. The normalized spacial score (nSPS) is 11.0. The highest BCUT2D eigenvalue weighted by atomic mass is 19.1. The van der Waals surface area contributed by atoms with E-state index < -0.39 is 23.0 Å². The lowest BCUT2D eigenvalue weighted by Crippen LogP contribution is -2.34. The van der Waals surface area contributed by atoms with Crippen molar-refractivity contribution in [1.29, 1.82) is 0 Å². The number of aromatic nitrogens is 2. The van der Waals surface area contributed by atoms with Crippen molar-refractivity contribution in [3.63, 3.8) is 0 Å². The van der Waals surface area contributed by atoms with Crippen LogP contribution in [0.3, 0.4) is 0 Å². The number of pyridine rings is 2. The Balaban J connectivity index is 2.01. The van der Waals surface area contributed by atoms with Gasteiger partial charge in [0, 0.05) is 39.0 Å². The second kappa shape index (κ2) is 8.27. The molecule has 3 aromatic rings. The molecule has 4 N–H and O–H groups in total. The number of methoxy groups -OCH3 is 1. The molecular formula is C20H21FN4O4. The average Bonchev–Trinajstić information content (AvgIpc) is 2.69. The van der Waals surface area contributed by atoms with E-state index in [9.17, 15) is 19.1 Å². The Bertz CT molecular complexity index is 1140. The summed E-state index contributed by atoms with van der Waals surface area (Å²) >= 11 is 0. The maximum atomic E-state index is 13.2. The average molecular weight is 400 g/mol. The molecule has 0 aliphatic heterocycles. The SMILES string of the molecule is COCCNC(=O)c1c(O)c2ncc(Cc3ccc(F)cc3N)cc2n(C)c1=O. The minimum Gasteiger partial charge on any atom is -0.505 e. The molecule has 3 rings (SSSR count). The molecule has 29 heavy (non-hydrogen) atoms. The van der Waals surface area contributed by atoms with Crippen LogP contribution in [0.15, 0.2) is 35.3 Å². The van der Waals surface area contributed by atoms with E-state index in [1.165, 1.54) is 37.1 Å². The number of aryl methyl sites for hydroxylation is 1. The van der Waals surface area contributed by atoms with Crippen LogP contribution in [-0.4, -0.2) is 40.8 Å². The molecule has 0 atom stereocenters. The van der Waals surface area contributed by atoms with E-state index >= 15 is 0 Å². The molecule has 0 spiro atoms. The van der Waals surface area contributed by atoms with Gasteiger partial charge in [0.05, 0.1) is 12.1 Å². The van der Waals surface area contributed by atoms with E-state index in [2.05, 4.69) is 10.3 Å². The van der Waals surface area contributed by atoms with Crippen LogP contribution in [0, 0.1) is 5.82 Å². The van der Waals surface area contributed by atoms with Crippen LogP contribution in [0.5, 0.6) is 5.75 Å². The maximum absolute atomic E-state index is 13.2. The topological polar surface area (TPSA) is 119 Å². The van der Waals surface area contributed by atoms with Crippen molar-refractivity contribution < 1.29 is 19.0 Å². The second-order valence-electron chi connectivity index (χ2n) is 6.57. The number of fused-ring (bicyclic) bond motifs is 1. The highest BCUT2D eigenvalue weighted by Crippen LogP contribution is 2.26. The molecule has 2 heterocycles. The molecule has 0 saturated carbocycles. The number of anilines is 1. The fourth-order valence-corrected chi connectivity index (χ4v) is 3.03. The Hall–Kier alpha value is -3.46. The van der Waals surface area contributed by atoms with Gasteiger partial charge in [-0.15, -0.1) is 0 Å². The summed E-state index contributed by atoms with van der Waals surface area (Å²) in [7, 11) is 2.98. The van der Waals surface area contributed by atoms with Crippen LogP contribution in [0.2, 0.25) is 0 Å². The van der Waals surface area contributed by atoms with Crippen LogP contribution >= 0.6 is 0 Å². The first-order chi connectivity index (χ1) is 13.8. The number of ether oxygens (including phenoxy) is 1. The lowest BCUT2D eigenvalue weighted by atomic mass is 10.0. The molecule has 8 nitrogen and oxygen atoms in total. The number of carbonyl (C=O) groups is 1. The molecular weight excluding hydrogens is 379 g/mol. The van der Waals surface area contributed by atoms with E-state index in [4.69, 9.17) is 10.5 Å². The van der Waals surface area contributed by atoms with Gasteiger partial charge in [-0.25, -0.2) is 4.39 Å². The van der Waals surface area contributed by atoms with Gasteiger partial charge in [-0.05, 0) is 29.3 Å². The number of rotatable bonds is 6. The Morgan fingerprint density at radius 2 is 2.14 bits per heavy atom. The number of hydrogen-bond acceptors (Lipinski definition) is 6. The second-order valence-corrected chi connectivity index (χ2v) is 6.57. The largest absolute Gasteiger partial charge is 0.505 e. The highest BCUT2D eigenvalue weighted by molar-refractivity contribution is 6.01. The molecule has 0 radical (unpaired) electrons. The van der Waals surface area contributed by atoms with Gasteiger partial charge in [-0.2, -0.15) is 0 Å². The zero-order valence-electron chi connectivity index (χ0n) is 16.0. The number of amides is 1. The predicted octanol–water partition coefficient (Wildman–Crippen LogP) is 1.33. The van der Waals surface area contributed by atoms with Crippen LogP contribution in [0.1, 0.15) is 21.5 Å². The Labute approximate surface area is 165 Å². The number of benzene rings is 1. The molecule has 1 amide bonds. The number of nitrogens with two attached hydrogens (primary N) is 1. The summed E-state index contributed by atoms with van der Waals surface area (Å²) in [6.07, 6.45) is 1.88. The van der Waals surface area contributed by atoms with Crippen molar-refractivity contribution in [3.8, 4) is 5.75 Å². The minimum absolute atomic E-state index is 0.125. The van der Waals surface area contributed by atoms with E-state index in [0.717, 1.165) is 0 Å². The van der Waals surface area contributed by atoms with Gasteiger partial charge in [-0.3, -0.25) is 14.6 Å². The Morgan fingerprint density at radius 3 is 2.83 bits per heavy atom. The van der Waals surface area contributed by atoms with Gasteiger partial charge in [-0.1, -0.05) is 6.07 Å². The van der Waals surface area contributed by atoms with Gasteiger partial charge in [0.15, 0.2) is 5.75 Å². The standard InChI is InChI=1S/C20H21FN4O4/c1-25-15-8-11(7-12-3-4-13(21)9-14(12)22)10-24-17(15)18(26)16(20(25)28)19(27)23-5-6-29-2/h3-4,8-10,26H,5-7,22H2,1-2H3,(H,23,27). The van der Waals surface area contributed by atoms with Gasteiger partial charge in [0.1, 0.15) is 16.9 Å². The smallest absolute Gasteiger partial charge is 0.267 e. The summed E-state index contributed by atoms with van der Waals surface area (Å²) in [5.74, 6) is -1.61. The van der Waals surface area contributed by atoms with Crippen molar-refractivity contribution in [1.82, 2.24) is 14.9 Å². The van der Waals surface area contributed by atoms with Crippen LogP contribution in [-0.2, 0) is 18.2 Å².